The third-order valence-corrected chi connectivity index (χ3v) is 8.30. The van der Waals surface area contributed by atoms with Crippen LogP contribution in [0.25, 0.3) is 11.1 Å². The van der Waals surface area contributed by atoms with Gasteiger partial charge in [-0.15, -0.1) is 0 Å². The Labute approximate surface area is 252 Å². The van der Waals surface area contributed by atoms with Crippen molar-refractivity contribution in [3.05, 3.63) is 82.8 Å². The van der Waals surface area contributed by atoms with Crippen LogP contribution in [0.15, 0.2) is 59.0 Å². The minimum Gasteiger partial charge on any atom is -0.478 e. The number of aromatic carboxylic acids is 1. The maximum absolute atomic E-state index is 14.0. The number of carboxylic acids is 1. The first-order valence-electron chi connectivity index (χ1n) is 14.7. The number of aryl methyl sites for hydroxylation is 1. The number of benzene rings is 2. The van der Waals surface area contributed by atoms with E-state index in [4.69, 9.17) is 13.9 Å². The molecule has 1 aliphatic heterocycles. The highest BCUT2D eigenvalue weighted by atomic mass is 16.6. The van der Waals surface area contributed by atoms with E-state index in [-0.39, 0.29) is 42.5 Å². The van der Waals surface area contributed by atoms with E-state index >= 15 is 0 Å². The molecule has 2 amide bonds. The monoisotopic (exact) mass is 588 g/mol. The molecule has 1 fully saturated rings. The topological polar surface area (TPSA) is 110 Å². The number of nitrogens with zero attached hydrogens (tertiary/aromatic N) is 2. The average molecular weight is 589 g/mol. The maximum Gasteiger partial charge on any atom is 0.410 e. The molecule has 1 unspecified atom stereocenters. The van der Waals surface area contributed by atoms with Gasteiger partial charge in [0.1, 0.15) is 29.3 Å². The van der Waals surface area contributed by atoms with Gasteiger partial charge in [0.15, 0.2) is 0 Å². The highest BCUT2D eigenvalue weighted by Gasteiger charge is 2.44. The lowest BCUT2D eigenvalue weighted by Gasteiger charge is -2.48. The summed E-state index contributed by atoms with van der Waals surface area (Å²) in [6.45, 7) is 12.1. The number of furan rings is 1. The van der Waals surface area contributed by atoms with Crippen molar-refractivity contribution in [2.45, 2.75) is 72.1 Å². The van der Waals surface area contributed by atoms with E-state index in [2.05, 4.69) is 24.3 Å². The van der Waals surface area contributed by atoms with Crippen molar-refractivity contribution in [2.24, 2.45) is 5.41 Å². The van der Waals surface area contributed by atoms with Gasteiger partial charge < -0.3 is 23.9 Å². The second-order valence-corrected chi connectivity index (χ2v) is 13.1. The smallest absolute Gasteiger partial charge is 0.410 e. The molecule has 1 saturated heterocycles. The largest absolute Gasteiger partial charge is 0.478 e. The first-order chi connectivity index (χ1) is 20.2. The number of fused-ring (bicyclic) bond motifs is 3. The third-order valence-electron chi connectivity index (χ3n) is 8.30. The van der Waals surface area contributed by atoms with E-state index in [1.54, 1.807) is 16.7 Å². The van der Waals surface area contributed by atoms with Crippen LogP contribution in [0.1, 0.15) is 80.0 Å². The number of ether oxygens (including phenoxy) is 2. The van der Waals surface area contributed by atoms with E-state index < -0.39 is 23.1 Å². The van der Waals surface area contributed by atoms with Crippen LogP contribution in [0.4, 0.5) is 9.59 Å². The van der Waals surface area contributed by atoms with Gasteiger partial charge in [-0.1, -0.05) is 62.4 Å². The van der Waals surface area contributed by atoms with Crippen molar-refractivity contribution in [1.29, 1.82) is 0 Å². The van der Waals surface area contributed by atoms with Gasteiger partial charge in [-0.3, -0.25) is 4.90 Å². The molecule has 2 aliphatic rings. The Morgan fingerprint density at radius 1 is 1.05 bits per heavy atom. The number of piperidine rings is 1. The number of amides is 2. The number of carbonyl (C=O) groups is 3. The summed E-state index contributed by atoms with van der Waals surface area (Å²) in [5.41, 5.74) is 3.41. The molecule has 0 radical (unpaired) electrons. The van der Waals surface area contributed by atoms with E-state index in [1.807, 2.05) is 58.9 Å². The van der Waals surface area contributed by atoms with Gasteiger partial charge in [0.25, 0.3) is 0 Å². The summed E-state index contributed by atoms with van der Waals surface area (Å²) in [5.74, 6) is -0.571. The van der Waals surface area contributed by atoms with Crippen LogP contribution in [0.2, 0.25) is 0 Å². The van der Waals surface area contributed by atoms with Crippen LogP contribution < -0.4 is 0 Å². The van der Waals surface area contributed by atoms with Gasteiger partial charge in [0, 0.05) is 30.5 Å². The Balaban J connectivity index is 1.39. The highest BCUT2D eigenvalue weighted by Crippen LogP contribution is 2.45. The molecular weight excluding hydrogens is 548 g/mol. The zero-order chi connectivity index (χ0) is 31.1. The van der Waals surface area contributed by atoms with E-state index in [0.717, 1.165) is 22.3 Å². The minimum atomic E-state index is -1.09. The fourth-order valence-electron chi connectivity index (χ4n) is 6.39. The molecule has 1 aliphatic carbocycles. The van der Waals surface area contributed by atoms with Crippen LogP contribution in [0, 0.1) is 12.3 Å². The van der Waals surface area contributed by atoms with Gasteiger partial charge >= 0.3 is 18.2 Å². The fourth-order valence-corrected chi connectivity index (χ4v) is 6.39. The molecule has 0 saturated carbocycles. The molecule has 1 atom stereocenters. The van der Waals surface area contributed by atoms with Crippen LogP contribution in [-0.2, 0) is 16.0 Å². The Morgan fingerprint density at radius 3 is 2.19 bits per heavy atom. The number of rotatable bonds is 6. The van der Waals surface area contributed by atoms with Crippen molar-refractivity contribution in [2.75, 3.05) is 19.7 Å². The van der Waals surface area contributed by atoms with Gasteiger partial charge in [0.05, 0.1) is 6.54 Å². The number of hydrogen-bond donors (Lipinski definition) is 1. The highest BCUT2D eigenvalue weighted by molar-refractivity contribution is 5.88. The summed E-state index contributed by atoms with van der Waals surface area (Å²) in [5, 5.41) is 9.57. The summed E-state index contributed by atoms with van der Waals surface area (Å²) in [4.78, 5) is 41.9. The zero-order valence-corrected chi connectivity index (χ0v) is 25.7. The Bertz CT molecular complexity index is 1490. The summed E-state index contributed by atoms with van der Waals surface area (Å²) in [7, 11) is 0. The molecule has 1 N–H and O–H groups in total. The second kappa shape index (κ2) is 11.4. The molecule has 9 nitrogen and oxygen atoms in total. The summed E-state index contributed by atoms with van der Waals surface area (Å²) in [6, 6.07) is 17.5. The molecule has 3 aromatic rings. The molecule has 43 heavy (non-hydrogen) atoms. The van der Waals surface area contributed by atoms with Crippen molar-refractivity contribution in [3.8, 4) is 11.1 Å². The molecule has 5 rings (SSSR count). The molecule has 0 spiro atoms. The minimum absolute atomic E-state index is 0.0331. The van der Waals surface area contributed by atoms with Crippen molar-refractivity contribution in [1.82, 2.24) is 9.80 Å². The fraction of sp³-hybridized carbons (Fsp3) is 0.441. The van der Waals surface area contributed by atoms with E-state index in [0.29, 0.717) is 25.3 Å². The first-order valence-corrected chi connectivity index (χ1v) is 14.7. The van der Waals surface area contributed by atoms with Gasteiger partial charge in [-0.05, 0) is 62.4 Å². The standard InChI is InChI=1S/C34H40N2O7/c1-21-27(30(37)38)17-22(42-21)18-36(29-15-16-35(20-34(29,5)6)31(39)43-33(2,3)4)32(40)41-19-28-25-13-9-7-11-23(25)24-12-8-10-14-26(24)28/h7-14,17,28-29H,15-16,18-20H2,1-6H3,(H,37,38). The average Bonchev–Trinajstić information content (AvgIpc) is 3.46. The summed E-state index contributed by atoms with van der Waals surface area (Å²) < 4.78 is 17.5. The molecule has 228 valence electrons. The van der Waals surface area contributed by atoms with Gasteiger partial charge in [-0.2, -0.15) is 0 Å². The second-order valence-electron chi connectivity index (χ2n) is 13.1. The predicted octanol–water partition coefficient (Wildman–Crippen LogP) is 7.07. The van der Waals surface area contributed by atoms with Crippen LogP contribution >= 0.6 is 0 Å². The van der Waals surface area contributed by atoms with Crippen molar-refractivity contribution < 1.29 is 33.4 Å². The number of likely N-dealkylation sites (tertiary alicyclic amines) is 1. The lowest BCUT2D eigenvalue weighted by molar-refractivity contribution is -0.0228. The Kier molecular flexibility index (Phi) is 8.03. The molecular formula is C34H40N2O7. The molecule has 2 heterocycles. The molecule has 9 heteroatoms. The van der Waals surface area contributed by atoms with Crippen LogP contribution in [0.5, 0.6) is 0 Å². The van der Waals surface area contributed by atoms with Crippen LogP contribution in [-0.4, -0.2) is 64.4 Å². The van der Waals surface area contributed by atoms with E-state index in [9.17, 15) is 19.5 Å². The number of carbonyl (C=O) groups excluding carboxylic acids is 2. The lowest BCUT2D eigenvalue weighted by atomic mass is 9.78. The maximum atomic E-state index is 14.0. The van der Waals surface area contributed by atoms with Crippen molar-refractivity contribution in [3.63, 3.8) is 0 Å². The Morgan fingerprint density at radius 2 is 1.65 bits per heavy atom. The molecule has 0 bridgehead atoms. The van der Waals surface area contributed by atoms with E-state index in [1.165, 1.54) is 6.07 Å². The third kappa shape index (κ3) is 6.26. The quantitative estimate of drug-likeness (QED) is 0.328. The summed E-state index contributed by atoms with van der Waals surface area (Å²) in [6.07, 6.45) is -0.418. The van der Waals surface area contributed by atoms with Gasteiger partial charge in [0.2, 0.25) is 0 Å². The summed E-state index contributed by atoms with van der Waals surface area (Å²) >= 11 is 0. The predicted molar refractivity (Wildman–Crippen MR) is 161 cm³/mol. The normalized spacial score (nSPS) is 17.6. The zero-order valence-electron chi connectivity index (χ0n) is 25.7. The molecule has 2 aromatic carbocycles. The Hall–Kier alpha value is -4.27. The number of carboxylic acid groups (broad SMARTS) is 1. The number of hydrogen-bond acceptors (Lipinski definition) is 6. The molecule has 1 aromatic heterocycles. The van der Waals surface area contributed by atoms with Crippen molar-refractivity contribution >= 4 is 18.2 Å². The van der Waals surface area contributed by atoms with Crippen LogP contribution in [0.3, 0.4) is 0 Å². The lowest BCUT2D eigenvalue weighted by Crippen LogP contribution is -2.58. The SMILES string of the molecule is Cc1oc(CN(C(=O)OCC2c3ccccc3-c3ccccc32)C2CCN(C(=O)OC(C)(C)C)CC2(C)C)cc1C(=O)O. The van der Waals surface area contributed by atoms with Gasteiger partial charge in [-0.25, -0.2) is 14.4 Å². The first kappa shape index (κ1) is 30.2.